The third-order valence-electron chi connectivity index (χ3n) is 4.28. The van der Waals surface area contributed by atoms with E-state index >= 15 is 0 Å². The smallest absolute Gasteiger partial charge is 0.225 e. The molecule has 0 amide bonds. The van der Waals surface area contributed by atoms with Gasteiger partial charge in [0.05, 0.1) is 19.3 Å². The molecule has 0 aliphatic carbocycles. The number of ether oxygens (including phenoxy) is 1. The van der Waals surface area contributed by atoms with Crippen molar-refractivity contribution in [2.24, 2.45) is 10.7 Å². The van der Waals surface area contributed by atoms with Gasteiger partial charge in [0.2, 0.25) is 5.95 Å². The van der Waals surface area contributed by atoms with Crippen molar-refractivity contribution in [1.29, 1.82) is 0 Å². The zero-order valence-electron chi connectivity index (χ0n) is 15.0. The molecule has 0 spiro atoms. The van der Waals surface area contributed by atoms with E-state index in [0.717, 1.165) is 50.1 Å². The summed E-state index contributed by atoms with van der Waals surface area (Å²) >= 11 is 0. The molecule has 2 aromatic rings. The first-order chi connectivity index (χ1) is 12.8. The van der Waals surface area contributed by atoms with Crippen molar-refractivity contribution in [3.8, 4) is 5.75 Å². The lowest BCUT2D eigenvalue weighted by Gasteiger charge is -2.34. The number of hydrogen-bond acceptors (Lipinski definition) is 6. The van der Waals surface area contributed by atoms with Gasteiger partial charge in [-0.15, -0.1) is 0 Å². The van der Waals surface area contributed by atoms with Gasteiger partial charge in [0.25, 0.3) is 0 Å². The van der Waals surface area contributed by atoms with Crippen molar-refractivity contribution in [2.75, 3.05) is 56.6 Å². The zero-order chi connectivity index (χ0) is 18.2. The molecule has 0 radical (unpaired) electrons. The Hall–Kier alpha value is -2.87. The average molecular weight is 355 g/mol. The second-order valence-electron chi connectivity index (χ2n) is 5.97. The van der Waals surface area contributed by atoms with Crippen molar-refractivity contribution in [1.82, 2.24) is 14.9 Å². The summed E-state index contributed by atoms with van der Waals surface area (Å²) in [5.41, 5.74) is 6.80. The van der Waals surface area contributed by atoms with Crippen LogP contribution in [0.4, 0.5) is 11.6 Å². The average Bonchev–Trinajstić information content (AvgIpc) is 2.69. The Morgan fingerprint density at radius 3 is 2.62 bits per heavy atom. The molecule has 1 aromatic carbocycles. The second-order valence-corrected chi connectivity index (χ2v) is 5.97. The molecule has 3 N–H and O–H groups in total. The molecule has 1 fully saturated rings. The standard InChI is InChI=1S/C18H25N7O/c1-26-16-6-3-2-5-15(16)23-17(19)20-9-10-24-11-13-25(14-12-24)18-21-7-4-8-22-18/h2-8H,9-14H2,1H3,(H3,19,20,23). The van der Waals surface area contributed by atoms with E-state index in [1.54, 1.807) is 19.5 Å². The van der Waals surface area contributed by atoms with E-state index in [-0.39, 0.29) is 0 Å². The summed E-state index contributed by atoms with van der Waals surface area (Å²) in [6.45, 7) is 5.29. The highest BCUT2D eigenvalue weighted by Crippen LogP contribution is 2.22. The first kappa shape index (κ1) is 17.9. The fourth-order valence-electron chi connectivity index (χ4n) is 2.86. The highest BCUT2D eigenvalue weighted by molar-refractivity contribution is 5.93. The number of hydrogen-bond donors (Lipinski definition) is 2. The number of aromatic nitrogens is 2. The number of methoxy groups -OCH3 is 1. The summed E-state index contributed by atoms with van der Waals surface area (Å²) in [4.78, 5) is 17.6. The molecule has 0 atom stereocenters. The van der Waals surface area contributed by atoms with Crippen LogP contribution in [0.15, 0.2) is 47.7 Å². The Kier molecular flexibility index (Phi) is 6.21. The number of nitrogens with zero attached hydrogens (tertiary/aromatic N) is 5. The van der Waals surface area contributed by atoms with E-state index < -0.39 is 0 Å². The van der Waals surface area contributed by atoms with E-state index in [4.69, 9.17) is 10.5 Å². The van der Waals surface area contributed by atoms with Gasteiger partial charge in [0.1, 0.15) is 5.75 Å². The predicted octanol–water partition coefficient (Wildman–Crippen LogP) is 1.03. The summed E-state index contributed by atoms with van der Waals surface area (Å²) in [5.74, 6) is 1.94. The number of para-hydroxylation sites is 2. The first-order valence-electron chi connectivity index (χ1n) is 8.70. The molecule has 138 valence electrons. The fourth-order valence-corrected chi connectivity index (χ4v) is 2.86. The Bertz CT molecular complexity index is 714. The summed E-state index contributed by atoms with van der Waals surface area (Å²) in [5, 5.41) is 3.09. The van der Waals surface area contributed by atoms with Crippen LogP contribution in [0.3, 0.4) is 0 Å². The molecule has 26 heavy (non-hydrogen) atoms. The Balaban J connectivity index is 1.43. The van der Waals surface area contributed by atoms with Crippen molar-refractivity contribution in [3.05, 3.63) is 42.7 Å². The highest BCUT2D eigenvalue weighted by Gasteiger charge is 2.18. The minimum atomic E-state index is 0.394. The predicted molar refractivity (Wildman–Crippen MR) is 104 cm³/mol. The lowest BCUT2D eigenvalue weighted by Crippen LogP contribution is -2.47. The molecule has 2 heterocycles. The van der Waals surface area contributed by atoms with Crippen molar-refractivity contribution >= 4 is 17.6 Å². The third-order valence-corrected chi connectivity index (χ3v) is 4.28. The molecule has 8 heteroatoms. The number of nitrogens with two attached hydrogens (primary N) is 1. The molecule has 1 aliphatic rings. The van der Waals surface area contributed by atoms with Crippen LogP contribution in [0.2, 0.25) is 0 Å². The molecule has 1 aromatic heterocycles. The van der Waals surface area contributed by atoms with Crippen molar-refractivity contribution in [3.63, 3.8) is 0 Å². The number of anilines is 2. The molecular weight excluding hydrogens is 330 g/mol. The van der Waals surface area contributed by atoms with Gasteiger partial charge in [-0.3, -0.25) is 9.89 Å². The molecule has 0 bridgehead atoms. The molecule has 1 aliphatic heterocycles. The van der Waals surface area contributed by atoms with Gasteiger partial charge >= 0.3 is 0 Å². The number of nitrogens with one attached hydrogen (secondary N) is 1. The molecule has 0 saturated carbocycles. The highest BCUT2D eigenvalue weighted by atomic mass is 16.5. The lowest BCUT2D eigenvalue weighted by atomic mass is 10.3. The zero-order valence-corrected chi connectivity index (χ0v) is 15.0. The van der Waals surface area contributed by atoms with Gasteiger partial charge in [-0.25, -0.2) is 9.97 Å². The van der Waals surface area contributed by atoms with Crippen LogP contribution in [0.25, 0.3) is 0 Å². The van der Waals surface area contributed by atoms with E-state index in [1.807, 2.05) is 30.3 Å². The Morgan fingerprint density at radius 2 is 1.88 bits per heavy atom. The van der Waals surface area contributed by atoms with E-state index in [1.165, 1.54) is 0 Å². The van der Waals surface area contributed by atoms with Crippen LogP contribution in [0.5, 0.6) is 5.75 Å². The SMILES string of the molecule is COc1ccccc1NC(N)=NCCN1CCN(c2ncccn2)CC1. The molecule has 0 unspecified atom stereocenters. The molecule has 8 nitrogen and oxygen atoms in total. The molecular formula is C18H25N7O. The van der Waals surface area contributed by atoms with Gasteiger partial charge in [0.15, 0.2) is 5.96 Å². The summed E-state index contributed by atoms with van der Waals surface area (Å²) in [6.07, 6.45) is 3.56. The number of guanidine groups is 1. The maximum atomic E-state index is 5.98. The largest absolute Gasteiger partial charge is 0.495 e. The van der Waals surface area contributed by atoms with Crippen LogP contribution in [-0.4, -0.2) is 67.2 Å². The second kappa shape index (κ2) is 9.00. The van der Waals surface area contributed by atoms with Crippen molar-refractivity contribution < 1.29 is 4.74 Å². The number of aliphatic imine (C=N–C) groups is 1. The lowest BCUT2D eigenvalue weighted by molar-refractivity contribution is 0.264. The van der Waals surface area contributed by atoms with Crippen LogP contribution >= 0.6 is 0 Å². The Morgan fingerprint density at radius 1 is 1.15 bits per heavy atom. The topological polar surface area (TPSA) is 91.9 Å². The van der Waals surface area contributed by atoms with Gasteiger partial charge in [0, 0.05) is 45.1 Å². The van der Waals surface area contributed by atoms with E-state index in [2.05, 4.69) is 30.1 Å². The first-order valence-corrected chi connectivity index (χ1v) is 8.70. The van der Waals surface area contributed by atoms with Crippen LogP contribution in [-0.2, 0) is 0 Å². The number of benzene rings is 1. The van der Waals surface area contributed by atoms with Gasteiger partial charge in [-0.1, -0.05) is 12.1 Å². The Labute approximate surface area is 153 Å². The molecule has 1 saturated heterocycles. The minimum absolute atomic E-state index is 0.394. The van der Waals surface area contributed by atoms with Crippen LogP contribution in [0.1, 0.15) is 0 Å². The maximum absolute atomic E-state index is 5.98. The quantitative estimate of drug-likeness (QED) is 0.591. The number of rotatable bonds is 6. The fraction of sp³-hybridized carbons (Fsp3) is 0.389. The normalized spacial score (nSPS) is 15.7. The van der Waals surface area contributed by atoms with Gasteiger partial charge < -0.3 is 20.7 Å². The number of piperazine rings is 1. The summed E-state index contributed by atoms with van der Waals surface area (Å²) < 4.78 is 5.30. The van der Waals surface area contributed by atoms with E-state index in [9.17, 15) is 0 Å². The van der Waals surface area contributed by atoms with Gasteiger partial charge in [-0.05, 0) is 18.2 Å². The van der Waals surface area contributed by atoms with Crippen LogP contribution < -0.4 is 20.7 Å². The maximum Gasteiger partial charge on any atom is 0.225 e. The summed E-state index contributed by atoms with van der Waals surface area (Å²) in [6, 6.07) is 9.46. The monoisotopic (exact) mass is 355 g/mol. The molecule has 3 rings (SSSR count). The third kappa shape index (κ3) is 4.82. The summed E-state index contributed by atoms with van der Waals surface area (Å²) in [7, 11) is 1.63. The van der Waals surface area contributed by atoms with Gasteiger partial charge in [-0.2, -0.15) is 0 Å². The minimum Gasteiger partial charge on any atom is -0.495 e. The van der Waals surface area contributed by atoms with Crippen LogP contribution in [0, 0.1) is 0 Å². The van der Waals surface area contributed by atoms with Crippen molar-refractivity contribution in [2.45, 2.75) is 0 Å². The van der Waals surface area contributed by atoms with E-state index in [0.29, 0.717) is 12.5 Å².